The van der Waals surface area contributed by atoms with Crippen molar-refractivity contribution in [1.29, 1.82) is 0 Å². The van der Waals surface area contributed by atoms with E-state index in [2.05, 4.69) is 9.79 Å². The molecule has 2 aromatic rings. The first kappa shape index (κ1) is 6.15. The summed E-state index contributed by atoms with van der Waals surface area (Å²) in [6.07, 6.45) is 0. The van der Waals surface area contributed by atoms with Crippen LogP contribution in [0.4, 0.5) is 0 Å². The number of hydrogen-bond donors (Lipinski definition) is 0. The molecule has 1 aromatic carbocycles. The van der Waals surface area contributed by atoms with Gasteiger partial charge in [-0.25, -0.2) is 0 Å². The predicted molar refractivity (Wildman–Crippen MR) is 37.7 cm³/mol. The average Bonchev–Trinajstić information content (AvgIpc) is 2.34. The van der Waals surface area contributed by atoms with Crippen LogP contribution in [0, 0.1) is 12.1 Å². The second-order valence-electron chi connectivity index (χ2n) is 2.37. The fraction of sp³-hybridized carbons (Fsp3) is 0.143. The van der Waals surface area contributed by atoms with E-state index >= 15 is 0 Å². The van der Waals surface area contributed by atoms with Crippen molar-refractivity contribution < 1.29 is 9.53 Å². The summed E-state index contributed by atoms with van der Waals surface area (Å²) in [5, 5.41) is 14.4. The molecule has 0 saturated carbocycles. The van der Waals surface area contributed by atoms with Crippen LogP contribution in [-0.2, 0) is 0 Å². The molecule has 2 rings (SSSR count). The van der Waals surface area contributed by atoms with E-state index in [9.17, 15) is 5.21 Å². The van der Waals surface area contributed by atoms with Crippen molar-refractivity contribution in [2.75, 3.05) is 0 Å². The molecule has 4 heteroatoms. The number of hydrogen-bond acceptors (Lipinski definition) is 3. The maximum absolute atomic E-state index is 10.9. The molecule has 56 valence electrons. The zero-order valence-electron chi connectivity index (χ0n) is 5.94. The molecule has 0 atom stereocenters. The van der Waals surface area contributed by atoms with Crippen LogP contribution in [0.25, 0.3) is 11.0 Å². The van der Waals surface area contributed by atoms with Gasteiger partial charge in [0.05, 0.1) is 0 Å². The lowest BCUT2D eigenvalue weighted by molar-refractivity contribution is -0.782. The van der Waals surface area contributed by atoms with E-state index in [0.29, 0.717) is 15.9 Å². The summed E-state index contributed by atoms with van der Waals surface area (Å²) in [6.45, 7) is 1.84. The number of aryl methyl sites for hydroxylation is 1. The van der Waals surface area contributed by atoms with Gasteiger partial charge in [-0.2, -0.15) is 0 Å². The monoisotopic (exact) mass is 150 g/mol. The smallest absolute Gasteiger partial charge is 0.248 e. The lowest BCUT2D eigenvalue weighted by Gasteiger charge is -1.89. The first-order chi connectivity index (χ1) is 5.29. The Bertz CT molecular complexity index is 394. The van der Waals surface area contributed by atoms with E-state index in [0.717, 1.165) is 5.56 Å². The molecule has 1 aromatic heterocycles. The molecule has 0 saturated heterocycles. The number of fused-ring (bicyclic) bond motifs is 1. The fourth-order valence-electron chi connectivity index (χ4n) is 1.08. The SMILES string of the molecule is Cc1cccc2no[n+]([O-])c12. The molecule has 1 heterocycles. The molecular formula is C7H6N2O2. The average molecular weight is 150 g/mol. The minimum atomic E-state index is 0.421. The molecule has 0 fully saturated rings. The van der Waals surface area contributed by atoms with E-state index in [1.165, 1.54) is 0 Å². The van der Waals surface area contributed by atoms with Gasteiger partial charge in [-0.15, -0.1) is 0 Å². The molecule has 4 nitrogen and oxygen atoms in total. The zero-order valence-corrected chi connectivity index (χ0v) is 5.94. The van der Waals surface area contributed by atoms with Crippen molar-refractivity contribution in [3.8, 4) is 0 Å². The third kappa shape index (κ3) is 0.756. The third-order valence-corrected chi connectivity index (χ3v) is 1.61. The summed E-state index contributed by atoms with van der Waals surface area (Å²) >= 11 is 0. The fourth-order valence-corrected chi connectivity index (χ4v) is 1.08. The van der Waals surface area contributed by atoms with Crippen LogP contribution in [0.5, 0.6) is 0 Å². The Morgan fingerprint density at radius 2 is 2.36 bits per heavy atom. The van der Waals surface area contributed by atoms with Crippen LogP contribution in [0.3, 0.4) is 0 Å². The number of nitrogens with zero attached hydrogens (tertiary/aromatic N) is 2. The Morgan fingerprint density at radius 1 is 1.55 bits per heavy atom. The van der Waals surface area contributed by atoms with Gasteiger partial charge in [-0.1, -0.05) is 12.1 Å². The van der Waals surface area contributed by atoms with Gasteiger partial charge in [-0.3, -0.25) is 4.63 Å². The van der Waals surface area contributed by atoms with Crippen molar-refractivity contribution in [1.82, 2.24) is 5.16 Å². The van der Waals surface area contributed by atoms with Crippen molar-refractivity contribution >= 4 is 11.0 Å². The highest BCUT2D eigenvalue weighted by molar-refractivity contribution is 5.73. The van der Waals surface area contributed by atoms with Crippen LogP contribution < -0.4 is 4.90 Å². The van der Waals surface area contributed by atoms with Gasteiger partial charge in [-0.05, 0) is 17.9 Å². The molecule has 0 aliphatic carbocycles. The van der Waals surface area contributed by atoms with Crippen molar-refractivity contribution in [3.63, 3.8) is 0 Å². The van der Waals surface area contributed by atoms with Crippen LogP contribution in [0.1, 0.15) is 5.56 Å². The summed E-state index contributed by atoms with van der Waals surface area (Å²) in [5.74, 6) is 0. The van der Waals surface area contributed by atoms with E-state index < -0.39 is 0 Å². The predicted octanol–water partition coefficient (Wildman–Crippen LogP) is 0.770. The molecule has 0 spiro atoms. The van der Waals surface area contributed by atoms with Crippen LogP contribution >= 0.6 is 0 Å². The van der Waals surface area contributed by atoms with Gasteiger partial charge in [0.1, 0.15) is 0 Å². The molecule has 0 amide bonds. The van der Waals surface area contributed by atoms with Crippen molar-refractivity contribution in [3.05, 3.63) is 29.0 Å². The Labute approximate surface area is 62.6 Å². The minimum Gasteiger partial charge on any atom is -0.359 e. The highest BCUT2D eigenvalue weighted by atomic mass is 16.8. The van der Waals surface area contributed by atoms with Crippen LogP contribution in [-0.4, -0.2) is 5.16 Å². The Balaban J connectivity index is 2.96. The minimum absolute atomic E-state index is 0.421. The molecule has 0 radical (unpaired) electrons. The van der Waals surface area contributed by atoms with Gasteiger partial charge >= 0.3 is 0 Å². The highest BCUT2D eigenvalue weighted by Gasteiger charge is 2.09. The zero-order chi connectivity index (χ0) is 7.84. The largest absolute Gasteiger partial charge is 0.359 e. The molecule has 0 aliphatic heterocycles. The van der Waals surface area contributed by atoms with Crippen LogP contribution in [0.15, 0.2) is 22.8 Å². The third-order valence-electron chi connectivity index (χ3n) is 1.61. The Morgan fingerprint density at radius 3 is 3.09 bits per heavy atom. The summed E-state index contributed by atoms with van der Waals surface area (Å²) in [5.41, 5.74) is 1.98. The lowest BCUT2D eigenvalue weighted by Crippen LogP contribution is -2.23. The van der Waals surface area contributed by atoms with E-state index in [-0.39, 0.29) is 0 Å². The Kier molecular flexibility index (Phi) is 1.09. The first-order valence-electron chi connectivity index (χ1n) is 3.24. The van der Waals surface area contributed by atoms with E-state index in [4.69, 9.17) is 0 Å². The second kappa shape index (κ2) is 1.95. The molecule has 0 N–H and O–H groups in total. The van der Waals surface area contributed by atoms with Crippen LogP contribution in [0.2, 0.25) is 0 Å². The topological polar surface area (TPSA) is 53.0 Å². The number of rotatable bonds is 0. The number of benzene rings is 1. The normalized spacial score (nSPS) is 10.6. The second-order valence-corrected chi connectivity index (χ2v) is 2.37. The molecule has 0 unspecified atom stereocenters. The van der Waals surface area contributed by atoms with Gasteiger partial charge in [0.2, 0.25) is 11.0 Å². The maximum atomic E-state index is 10.9. The molecule has 0 bridgehead atoms. The summed E-state index contributed by atoms with van der Waals surface area (Å²) < 4.78 is 4.41. The molecule has 0 aliphatic rings. The van der Waals surface area contributed by atoms with Crippen molar-refractivity contribution in [2.45, 2.75) is 6.92 Å². The summed E-state index contributed by atoms with van der Waals surface area (Å²) in [7, 11) is 0. The van der Waals surface area contributed by atoms with E-state index in [1.54, 1.807) is 6.07 Å². The van der Waals surface area contributed by atoms with Crippen molar-refractivity contribution in [2.24, 2.45) is 0 Å². The summed E-state index contributed by atoms with van der Waals surface area (Å²) in [4.78, 5) is 0.421. The Hall–Kier alpha value is -1.58. The van der Waals surface area contributed by atoms with E-state index in [1.807, 2.05) is 19.1 Å². The van der Waals surface area contributed by atoms with Gasteiger partial charge < -0.3 is 5.21 Å². The van der Waals surface area contributed by atoms with Gasteiger partial charge in [0.15, 0.2) is 0 Å². The first-order valence-corrected chi connectivity index (χ1v) is 3.24. The highest BCUT2D eigenvalue weighted by Crippen LogP contribution is 2.10. The molecular weight excluding hydrogens is 144 g/mol. The summed E-state index contributed by atoms with van der Waals surface area (Å²) in [6, 6.07) is 5.41. The van der Waals surface area contributed by atoms with Gasteiger partial charge in [0.25, 0.3) is 0 Å². The molecule has 11 heavy (non-hydrogen) atoms. The standard InChI is InChI=1S/C7H6N2O2/c1-5-3-2-4-6-7(5)9(10)11-8-6/h2-4H,1H3. The quantitative estimate of drug-likeness (QED) is 0.521. The maximum Gasteiger partial charge on any atom is 0.248 e. The van der Waals surface area contributed by atoms with Gasteiger partial charge in [0, 0.05) is 10.7 Å². The number of para-hydroxylation sites is 1. The number of aromatic nitrogens is 2. The lowest BCUT2D eigenvalue weighted by atomic mass is 10.2.